The van der Waals surface area contributed by atoms with Crippen LogP contribution in [0.2, 0.25) is 0 Å². The Morgan fingerprint density at radius 1 is 0.414 bits per heavy atom. The van der Waals surface area contributed by atoms with Crippen LogP contribution in [-0.4, -0.2) is 218 Å². The standard InChI is InChI=1S/C41H77N3O6.C40H75N3O6/c1-17-28(8)38(42(13)40(48)30(10)24-34(46)37(27(6)7)43(14)41(12,18-2)19-3)35(49-15)25-36(47)44-22-20-21-32(44)39(50-16)31(11)33(45)23-29(9)26(4)5;1-16-27(7)23-32(44)30(10)38(49-15)31-21-20-22-43(31)35(46)25-34(48-14)37(28(8)17-2)41(12)39(47)29(9)24-33(45)36(26(5)6)42(13)40(11,18-3)19-4/h26-32,35,37-39H,17-25H2,1-16H3;26-31,34,36-38H,16-25H2,1-15H3/t28-,29-,30+,31-,32-,35+,37-,38-,39+;27-,28+,29-,30+,31+,34-,36+,37+,38-/m01/s1. The summed E-state index contributed by atoms with van der Waals surface area (Å²) in [7, 11) is 14.1. The summed E-state index contributed by atoms with van der Waals surface area (Å²) >= 11 is 0. The monoisotopic (exact) mass is 1400 g/mol. The first kappa shape index (κ1) is 93.3. The number of ketones is 4. The fraction of sp³-hybridized carbons (Fsp3) is 0.901. The number of likely N-dealkylation sites (tertiary alicyclic amines) is 2. The van der Waals surface area contributed by atoms with Crippen LogP contribution < -0.4 is 0 Å². The van der Waals surface area contributed by atoms with Crippen molar-refractivity contribution in [2.24, 2.45) is 65.1 Å². The molecular formula is C81H152N6O12. The smallest absolute Gasteiger partial charge is 0.225 e. The van der Waals surface area contributed by atoms with E-state index in [1.54, 1.807) is 52.3 Å². The van der Waals surface area contributed by atoms with Gasteiger partial charge in [0.05, 0.1) is 73.5 Å². The summed E-state index contributed by atoms with van der Waals surface area (Å²) < 4.78 is 23.9. The van der Waals surface area contributed by atoms with Crippen LogP contribution in [0.15, 0.2) is 0 Å². The molecule has 0 aromatic heterocycles. The van der Waals surface area contributed by atoms with Gasteiger partial charge in [-0.1, -0.05) is 165 Å². The molecule has 0 bridgehead atoms. The van der Waals surface area contributed by atoms with Gasteiger partial charge in [0.1, 0.15) is 11.6 Å². The molecule has 18 atom stereocenters. The molecule has 2 aliphatic heterocycles. The molecule has 2 fully saturated rings. The molecule has 0 aromatic rings. The molecule has 18 nitrogen and oxygen atoms in total. The minimum Gasteiger partial charge on any atom is -0.379 e. The first-order chi connectivity index (χ1) is 46.2. The van der Waals surface area contributed by atoms with Crippen molar-refractivity contribution >= 4 is 46.8 Å². The number of Topliss-reactive ketones (excluding diaryl/α,β-unsaturated/α-hetero) is 4. The number of hydrogen-bond donors (Lipinski definition) is 0. The topological polar surface area (TPSA) is 193 Å². The van der Waals surface area contributed by atoms with E-state index >= 15 is 0 Å². The van der Waals surface area contributed by atoms with Crippen LogP contribution in [0.1, 0.15) is 268 Å². The normalized spacial score (nSPS) is 20.4. The molecule has 0 aromatic carbocycles. The molecule has 0 radical (unpaired) electrons. The molecule has 0 aliphatic carbocycles. The van der Waals surface area contributed by atoms with E-state index in [0.717, 1.165) is 70.6 Å². The van der Waals surface area contributed by atoms with Crippen molar-refractivity contribution in [3.8, 4) is 0 Å². The molecule has 0 unspecified atom stereocenters. The van der Waals surface area contributed by atoms with Crippen molar-refractivity contribution in [3.63, 3.8) is 0 Å². The third-order valence-corrected chi connectivity index (χ3v) is 25.0. The van der Waals surface area contributed by atoms with Crippen LogP contribution in [-0.2, 0) is 57.3 Å². The van der Waals surface area contributed by atoms with Gasteiger partial charge in [0.15, 0.2) is 11.6 Å². The Kier molecular flexibility index (Phi) is 41.7. The van der Waals surface area contributed by atoms with Crippen LogP contribution in [0, 0.1) is 65.1 Å². The number of methoxy groups -OCH3 is 4. The molecule has 99 heavy (non-hydrogen) atoms. The third kappa shape index (κ3) is 25.3. The molecule has 578 valence electrons. The first-order valence-electron chi connectivity index (χ1n) is 39.0. The Morgan fingerprint density at radius 3 is 1.00 bits per heavy atom. The van der Waals surface area contributed by atoms with E-state index in [1.807, 2.05) is 51.6 Å². The maximum absolute atomic E-state index is 14.1. The Balaban J connectivity index is 0.000000990. The van der Waals surface area contributed by atoms with Crippen LogP contribution >= 0.6 is 0 Å². The zero-order valence-electron chi connectivity index (χ0n) is 69.1. The Labute approximate surface area is 605 Å². The second-order valence-electron chi connectivity index (χ2n) is 32.4. The van der Waals surface area contributed by atoms with E-state index in [-0.39, 0.29) is 173 Å². The van der Waals surface area contributed by atoms with E-state index in [1.165, 1.54) is 0 Å². The zero-order chi connectivity index (χ0) is 76.5. The number of nitrogens with zero attached hydrogens (tertiary/aromatic N) is 6. The molecule has 4 amide bonds. The fourth-order valence-corrected chi connectivity index (χ4v) is 16.0. The highest BCUT2D eigenvalue weighted by molar-refractivity contribution is 5.91. The van der Waals surface area contributed by atoms with Crippen LogP contribution in [0.5, 0.6) is 0 Å². The highest BCUT2D eigenvalue weighted by Gasteiger charge is 2.46. The quantitative estimate of drug-likeness (QED) is 0.0559. The summed E-state index contributed by atoms with van der Waals surface area (Å²) in [6.45, 7) is 49.0. The minimum atomic E-state index is -0.535. The average Bonchev–Trinajstić information content (AvgIpc) is 1.77. The van der Waals surface area contributed by atoms with Crippen molar-refractivity contribution in [2.75, 3.05) is 69.7 Å². The van der Waals surface area contributed by atoms with Crippen LogP contribution in [0.3, 0.4) is 0 Å². The van der Waals surface area contributed by atoms with Crippen molar-refractivity contribution in [2.45, 2.75) is 340 Å². The van der Waals surface area contributed by atoms with E-state index in [0.29, 0.717) is 37.8 Å². The number of ether oxygens (including phenoxy) is 4. The summed E-state index contributed by atoms with van der Waals surface area (Å²) in [6, 6.07) is -1.66. The van der Waals surface area contributed by atoms with Gasteiger partial charge in [0.25, 0.3) is 0 Å². The second-order valence-corrected chi connectivity index (χ2v) is 32.4. The molecule has 2 aliphatic rings. The fourth-order valence-electron chi connectivity index (χ4n) is 16.0. The Morgan fingerprint density at radius 2 is 0.737 bits per heavy atom. The lowest BCUT2D eigenvalue weighted by molar-refractivity contribution is -0.148. The van der Waals surface area contributed by atoms with Gasteiger partial charge >= 0.3 is 0 Å². The van der Waals surface area contributed by atoms with Crippen molar-refractivity contribution in [1.29, 1.82) is 0 Å². The lowest BCUT2D eigenvalue weighted by atomic mass is 9.84. The number of hydrogen-bond acceptors (Lipinski definition) is 14. The number of carbonyl (C=O) groups is 8. The molecule has 2 saturated heterocycles. The SMILES string of the molecule is CC[C@@H](C)CC(=O)[C@H](C)[C@@H](OC)[C@@H]1CCCN1C(=O)C[C@@H](OC)[C@H]([C@@H](C)CC)N(C)C(=O)[C@H](C)CC(=O)[C@H](C(C)C)N(C)C(C)(CC)CC.CC[C@H](C)[C@@H]([C@@H](CC(=O)N1CCC[C@H]1[C@H](OC)[C@@H](C)C(=O)C[C@H](C)C(C)C)OC)N(C)C(=O)[C@H](C)CC(=O)[C@H](C(C)C)N(C)C(C)(CC)CC. The van der Waals surface area contributed by atoms with Gasteiger partial charge in [-0.25, -0.2) is 0 Å². The molecule has 0 N–H and O–H groups in total. The Bertz CT molecular complexity index is 2450. The molecular weight excluding hydrogens is 1250 g/mol. The van der Waals surface area contributed by atoms with E-state index < -0.39 is 24.0 Å². The predicted octanol–water partition coefficient (Wildman–Crippen LogP) is 14.3. The van der Waals surface area contributed by atoms with Crippen LogP contribution in [0.25, 0.3) is 0 Å². The minimum absolute atomic E-state index is 0.0481. The van der Waals surface area contributed by atoms with E-state index in [9.17, 15) is 38.4 Å². The van der Waals surface area contributed by atoms with Crippen molar-refractivity contribution < 1.29 is 57.3 Å². The Hall–Kier alpha value is -3.68. The maximum atomic E-state index is 14.1. The molecule has 2 heterocycles. The lowest BCUT2D eigenvalue weighted by Gasteiger charge is -2.44. The van der Waals surface area contributed by atoms with Crippen LogP contribution in [0.4, 0.5) is 0 Å². The largest absolute Gasteiger partial charge is 0.379 e. The average molecular weight is 1400 g/mol. The highest BCUT2D eigenvalue weighted by atomic mass is 16.5. The van der Waals surface area contributed by atoms with Gasteiger partial charge in [0.2, 0.25) is 23.6 Å². The molecule has 0 spiro atoms. The summed E-state index contributed by atoms with van der Waals surface area (Å²) in [4.78, 5) is 122. The van der Waals surface area contributed by atoms with E-state index in [2.05, 4.69) is 141 Å². The van der Waals surface area contributed by atoms with E-state index in [4.69, 9.17) is 18.9 Å². The lowest BCUT2D eigenvalue weighted by Crippen LogP contribution is -2.55. The second kappa shape index (κ2) is 44.2. The van der Waals surface area contributed by atoms with Crippen molar-refractivity contribution in [3.05, 3.63) is 0 Å². The van der Waals surface area contributed by atoms with Gasteiger partial charge in [-0.3, -0.25) is 48.2 Å². The highest BCUT2D eigenvalue weighted by Crippen LogP contribution is 2.36. The molecule has 2 rings (SSSR count). The summed E-state index contributed by atoms with van der Waals surface area (Å²) in [5.74, 6) is -0.142. The number of likely N-dealkylation sites (N-methyl/N-ethyl adjacent to an activating group) is 4. The zero-order valence-corrected chi connectivity index (χ0v) is 69.1. The number of amides is 4. The van der Waals surface area contributed by atoms with Gasteiger partial charge in [0, 0.05) is 116 Å². The van der Waals surface area contributed by atoms with Gasteiger partial charge in [-0.05, 0) is 121 Å². The number of rotatable bonds is 46. The maximum Gasteiger partial charge on any atom is 0.225 e. The van der Waals surface area contributed by atoms with Gasteiger partial charge in [-0.2, -0.15) is 0 Å². The summed E-state index contributed by atoms with van der Waals surface area (Å²) in [6.07, 6.45) is 9.24. The number of carbonyl (C=O) groups excluding carboxylic acids is 8. The van der Waals surface area contributed by atoms with Gasteiger partial charge in [-0.15, -0.1) is 0 Å². The third-order valence-electron chi connectivity index (χ3n) is 25.0. The van der Waals surface area contributed by atoms with Gasteiger partial charge < -0.3 is 38.5 Å². The predicted molar refractivity (Wildman–Crippen MR) is 403 cm³/mol. The van der Waals surface area contributed by atoms with Crippen molar-refractivity contribution in [1.82, 2.24) is 29.4 Å². The summed E-state index contributed by atoms with van der Waals surface area (Å²) in [5.41, 5.74) is -0.209. The molecule has 18 heteroatoms. The first-order valence-corrected chi connectivity index (χ1v) is 39.0. The summed E-state index contributed by atoms with van der Waals surface area (Å²) in [5, 5.41) is 0. The molecule has 0 saturated carbocycles.